The fourth-order valence-electron chi connectivity index (χ4n) is 7.59. The number of carbonyl (C=O) groups excluding carboxylic acids is 1. The lowest BCUT2D eigenvalue weighted by Gasteiger charge is -2.60. The van der Waals surface area contributed by atoms with Crippen LogP contribution in [0, 0.1) is 38.0 Å². The highest BCUT2D eigenvalue weighted by Crippen LogP contribution is 2.57. The molecule has 1 unspecified atom stereocenters. The summed E-state index contributed by atoms with van der Waals surface area (Å²) in [6.45, 7) is 10.2. The number of hydrogen-bond donors (Lipinski definition) is 2. The number of aryl methyl sites for hydroxylation is 1. The Bertz CT molecular complexity index is 1510. The summed E-state index contributed by atoms with van der Waals surface area (Å²) in [6, 6.07) is 3.59. The van der Waals surface area contributed by atoms with Crippen LogP contribution in [0.1, 0.15) is 64.9 Å². The molecule has 2 bridgehead atoms. The molecule has 0 aliphatic carbocycles. The van der Waals surface area contributed by atoms with E-state index in [0.717, 1.165) is 33.6 Å². The molecule has 0 saturated carbocycles. The lowest BCUT2D eigenvalue weighted by Crippen LogP contribution is -2.68. The SMILES string of the molecule is COCOc1c(C)c(C)cc2c1[C@@H]1C3Cc4c(O)c(C)c5c(c4[C@H](CNC(=O)C(C)C)N3[C@@H](C#N)[C@H](C2)N1C)OCO5.ClCCl. The number of nitrogens with one attached hydrogen (secondary N) is 1. The first kappa shape index (κ1) is 33.4. The number of nitrogens with zero attached hydrogens (tertiary/aromatic N) is 3. The lowest BCUT2D eigenvalue weighted by atomic mass is 9.71. The number of phenols is 1. The molecule has 4 heterocycles. The quantitative estimate of drug-likeness (QED) is 0.326. The molecule has 10 nitrogen and oxygen atoms in total. The fraction of sp³-hybridized carbons (Fsp3) is 0.576. The van der Waals surface area contributed by atoms with Gasteiger partial charge in [0.15, 0.2) is 18.3 Å². The van der Waals surface area contributed by atoms with E-state index < -0.39 is 12.1 Å². The van der Waals surface area contributed by atoms with Crippen molar-refractivity contribution in [1.29, 1.82) is 5.26 Å². The van der Waals surface area contributed by atoms with Crippen LogP contribution < -0.4 is 19.5 Å². The number of methoxy groups -OCH3 is 1. The number of benzene rings is 2. The zero-order chi connectivity index (χ0) is 32.7. The summed E-state index contributed by atoms with van der Waals surface area (Å²) in [5.41, 5.74) is 6.69. The second-order valence-corrected chi connectivity index (χ2v) is 13.2. The monoisotopic (exact) mass is 660 g/mol. The third-order valence-corrected chi connectivity index (χ3v) is 9.75. The van der Waals surface area contributed by atoms with Crippen LogP contribution in [0.2, 0.25) is 0 Å². The van der Waals surface area contributed by atoms with Gasteiger partial charge in [0.25, 0.3) is 0 Å². The number of carbonyl (C=O) groups is 1. The summed E-state index contributed by atoms with van der Waals surface area (Å²) in [7, 11) is 3.70. The van der Waals surface area contributed by atoms with Crippen molar-refractivity contribution in [1.82, 2.24) is 15.1 Å². The Labute approximate surface area is 275 Å². The molecule has 12 heteroatoms. The average Bonchev–Trinajstić information content (AvgIpc) is 3.50. The van der Waals surface area contributed by atoms with Gasteiger partial charge in [-0.3, -0.25) is 14.6 Å². The maximum Gasteiger partial charge on any atom is 0.231 e. The summed E-state index contributed by atoms with van der Waals surface area (Å²) in [6.07, 6.45) is 1.17. The molecule has 1 saturated heterocycles. The van der Waals surface area contributed by atoms with Crippen molar-refractivity contribution in [2.75, 3.05) is 39.6 Å². The van der Waals surface area contributed by atoms with Gasteiger partial charge in [0, 0.05) is 53.9 Å². The standard InChI is InChI=1S/C32H40N4O6.CH2Cl2/c1-15(2)32(38)34-12-24-26-20(28(37)18(5)30-31(26)42-14-41-30)10-22-27-25-19(8-16(3)17(4)29(25)40-13-39-7)9-21(35(27)6)23(11-33)36(22)24;2-1-3/h8,15,21-24,27,37H,9-10,12-14H2,1-7H3,(H,34,38);1H2/t21-,22?,23-,24-,27-;/m0./s1. The number of fused-ring (bicyclic) bond motifs is 9. The summed E-state index contributed by atoms with van der Waals surface area (Å²) in [5, 5.41) is 25.6. The van der Waals surface area contributed by atoms with Gasteiger partial charge in [0.05, 0.1) is 23.5 Å². The second-order valence-electron chi connectivity index (χ2n) is 12.4. The highest BCUT2D eigenvalue weighted by Gasteiger charge is 2.56. The maximum atomic E-state index is 12.9. The van der Waals surface area contributed by atoms with Crippen molar-refractivity contribution in [2.24, 2.45) is 5.92 Å². The third kappa shape index (κ3) is 5.57. The minimum absolute atomic E-state index is 0.0580. The molecule has 6 rings (SSSR count). The number of alkyl halides is 2. The number of piperazine rings is 1. The summed E-state index contributed by atoms with van der Waals surface area (Å²) in [4.78, 5) is 17.4. The van der Waals surface area contributed by atoms with Gasteiger partial charge in [-0.05, 0) is 57.4 Å². The van der Waals surface area contributed by atoms with Crippen LogP contribution in [0.25, 0.3) is 0 Å². The first-order chi connectivity index (χ1) is 21.5. The molecule has 244 valence electrons. The van der Waals surface area contributed by atoms with Crippen molar-refractivity contribution in [3.63, 3.8) is 0 Å². The molecule has 45 heavy (non-hydrogen) atoms. The van der Waals surface area contributed by atoms with E-state index in [9.17, 15) is 15.2 Å². The summed E-state index contributed by atoms with van der Waals surface area (Å²) in [5.74, 6) is 1.85. The Morgan fingerprint density at radius 1 is 1.16 bits per heavy atom. The van der Waals surface area contributed by atoms with Crippen molar-refractivity contribution in [3.8, 4) is 29.1 Å². The van der Waals surface area contributed by atoms with Crippen LogP contribution in [0.4, 0.5) is 0 Å². The number of nitriles is 1. The van der Waals surface area contributed by atoms with E-state index in [2.05, 4.69) is 48.1 Å². The van der Waals surface area contributed by atoms with Crippen LogP contribution in [0.5, 0.6) is 23.0 Å². The summed E-state index contributed by atoms with van der Waals surface area (Å²) >= 11 is 9.53. The minimum atomic E-state index is -0.468. The lowest BCUT2D eigenvalue weighted by molar-refractivity contribution is -0.125. The molecule has 2 aromatic rings. The van der Waals surface area contributed by atoms with Crippen molar-refractivity contribution < 1.29 is 28.8 Å². The molecule has 1 fully saturated rings. The molecule has 4 aliphatic heterocycles. The van der Waals surface area contributed by atoms with Crippen molar-refractivity contribution in [2.45, 2.75) is 77.7 Å². The minimum Gasteiger partial charge on any atom is -0.507 e. The number of rotatable bonds is 6. The van der Waals surface area contributed by atoms with Gasteiger partial charge in [-0.2, -0.15) is 5.26 Å². The molecule has 1 amide bonds. The van der Waals surface area contributed by atoms with Crippen LogP contribution >= 0.6 is 23.2 Å². The first-order valence-electron chi connectivity index (χ1n) is 15.2. The Balaban J connectivity index is 0.00000128. The Hall–Kier alpha value is -2.94. The second kappa shape index (κ2) is 13.4. The van der Waals surface area contributed by atoms with Gasteiger partial charge >= 0.3 is 0 Å². The maximum absolute atomic E-state index is 12.9. The summed E-state index contributed by atoms with van der Waals surface area (Å²) < 4.78 is 23.4. The van der Waals surface area contributed by atoms with Crippen LogP contribution in [0.15, 0.2) is 6.07 Å². The number of ether oxygens (including phenoxy) is 4. The van der Waals surface area contributed by atoms with Gasteiger partial charge in [-0.1, -0.05) is 19.9 Å². The zero-order valence-corrected chi connectivity index (χ0v) is 28.4. The van der Waals surface area contributed by atoms with Crippen molar-refractivity contribution in [3.05, 3.63) is 45.0 Å². The predicted octanol–water partition coefficient (Wildman–Crippen LogP) is 4.99. The number of likely N-dealkylation sites (N-methyl/N-ethyl adjacent to an activating group) is 1. The number of amides is 1. The van der Waals surface area contributed by atoms with Crippen molar-refractivity contribution >= 4 is 29.1 Å². The molecule has 0 radical (unpaired) electrons. The first-order valence-corrected chi connectivity index (χ1v) is 16.3. The highest BCUT2D eigenvalue weighted by atomic mass is 35.5. The Morgan fingerprint density at radius 3 is 2.49 bits per heavy atom. The van der Waals surface area contributed by atoms with E-state index >= 15 is 0 Å². The van der Waals surface area contributed by atoms with Gasteiger partial charge in [0.2, 0.25) is 12.7 Å². The molecule has 2 N–H and O–H groups in total. The normalized spacial score (nSPS) is 24.5. The van der Waals surface area contributed by atoms with E-state index in [1.54, 1.807) is 7.11 Å². The fourth-order valence-corrected chi connectivity index (χ4v) is 7.59. The number of aromatic hydroxyl groups is 1. The Kier molecular flexibility index (Phi) is 9.97. The van der Waals surface area contributed by atoms with E-state index in [1.165, 1.54) is 5.56 Å². The molecule has 4 aliphatic rings. The zero-order valence-electron chi connectivity index (χ0n) is 26.9. The van der Waals surface area contributed by atoms with E-state index in [4.69, 9.17) is 42.1 Å². The van der Waals surface area contributed by atoms with E-state index in [0.29, 0.717) is 29.9 Å². The smallest absolute Gasteiger partial charge is 0.231 e. The molecule has 0 aromatic heterocycles. The molecule has 2 aromatic carbocycles. The number of halogens is 2. The molecule has 5 atom stereocenters. The third-order valence-electron chi connectivity index (χ3n) is 9.75. The molecular formula is C33H42Cl2N4O6. The van der Waals surface area contributed by atoms with Crippen LogP contribution in [0.3, 0.4) is 0 Å². The number of hydrogen-bond acceptors (Lipinski definition) is 9. The van der Waals surface area contributed by atoms with Gasteiger partial charge in [-0.25, -0.2) is 0 Å². The number of phenolic OH excluding ortho intramolecular Hbond substituents is 1. The van der Waals surface area contributed by atoms with Gasteiger partial charge in [-0.15, -0.1) is 23.2 Å². The van der Waals surface area contributed by atoms with Crippen LogP contribution in [-0.2, 0) is 22.4 Å². The van der Waals surface area contributed by atoms with E-state index in [1.807, 2.05) is 20.8 Å². The highest BCUT2D eigenvalue weighted by molar-refractivity contribution is 6.40. The largest absolute Gasteiger partial charge is 0.507 e. The van der Waals surface area contributed by atoms with Crippen LogP contribution in [-0.4, -0.2) is 78.6 Å². The predicted molar refractivity (Wildman–Crippen MR) is 171 cm³/mol. The molecular weight excluding hydrogens is 619 g/mol. The average molecular weight is 662 g/mol. The Morgan fingerprint density at radius 2 is 1.84 bits per heavy atom. The van der Waals surface area contributed by atoms with Gasteiger partial charge in [0.1, 0.15) is 17.5 Å². The molecule has 0 spiro atoms. The topological polar surface area (TPSA) is 117 Å². The van der Waals surface area contributed by atoms with Gasteiger partial charge < -0.3 is 29.4 Å². The van der Waals surface area contributed by atoms with E-state index in [-0.39, 0.29) is 61.2 Å².